The fraction of sp³-hybridized carbons (Fsp3) is 0.333. The summed E-state index contributed by atoms with van der Waals surface area (Å²) in [4.78, 5) is 0. The maximum absolute atomic E-state index is 6.08. The Bertz CT molecular complexity index is 709. The van der Waals surface area contributed by atoms with Gasteiger partial charge in [0, 0.05) is 6.42 Å². The highest BCUT2D eigenvalue weighted by Gasteiger charge is 2.12. The van der Waals surface area contributed by atoms with E-state index in [1.165, 1.54) is 0 Å². The van der Waals surface area contributed by atoms with Gasteiger partial charge in [0.25, 0.3) is 0 Å². The van der Waals surface area contributed by atoms with Gasteiger partial charge in [-0.15, -0.1) is 6.58 Å². The lowest BCUT2D eigenvalue weighted by atomic mass is 10.1. The molecular weight excluding hydrogens is 316 g/mol. The first-order valence-corrected chi connectivity index (χ1v) is 8.26. The van der Waals surface area contributed by atoms with Crippen molar-refractivity contribution in [3.8, 4) is 23.0 Å². The quantitative estimate of drug-likeness (QED) is 0.631. The van der Waals surface area contributed by atoms with Crippen molar-refractivity contribution in [2.45, 2.75) is 25.9 Å². The van der Waals surface area contributed by atoms with Crippen LogP contribution in [-0.4, -0.2) is 27.4 Å². The number of ether oxygens (including phenoxy) is 4. The number of rotatable bonds is 9. The first-order chi connectivity index (χ1) is 12.1. The first-order valence-electron chi connectivity index (χ1n) is 8.26. The van der Waals surface area contributed by atoms with Crippen LogP contribution in [0.4, 0.5) is 0 Å². The van der Waals surface area contributed by atoms with Crippen LogP contribution in [0.3, 0.4) is 0 Å². The second-order valence-corrected chi connectivity index (χ2v) is 5.80. The molecule has 0 N–H and O–H groups in total. The summed E-state index contributed by atoms with van der Waals surface area (Å²) in [6.07, 6.45) is 3.40. The number of hydrogen-bond donors (Lipinski definition) is 0. The molecule has 0 amide bonds. The first kappa shape index (κ1) is 18.7. The Kier molecular flexibility index (Phi) is 6.75. The van der Waals surface area contributed by atoms with Crippen LogP contribution in [0.1, 0.15) is 18.1 Å². The molecule has 0 aromatic heterocycles. The average molecular weight is 342 g/mol. The molecule has 0 saturated heterocycles. The van der Waals surface area contributed by atoms with Crippen molar-refractivity contribution in [3.63, 3.8) is 0 Å². The standard InChI is InChI=1S/C21H26O4/c1-6-7-16-8-11-19(21(13-16)24-5)25-15(2)12-17-9-10-18(22-3)20(14-17)23-4/h6,8-11,13-15H,1,7,12H2,2-5H3/t15-/m1/s1. The van der Waals surface area contributed by atoms with E-state index in [9.17, 15) is 0 Å². The van der Waals surface area contributed by atoms with Crippen LogP contribution in [0.15, 0.2) is 49.1 Å². The highest BCUT2D eigenvalue weighted by molar-refractivity contribution is 5.44. The Hall–Kier alpha value is -2.62. The molecule has 2 aromatic carbocycles. The lowest BCUT2D eigenvalue weighted by Gasteiger charge is -2.18. The molecule has 2 aromatic rings. The van der Waals surface area contributed by atoms with E-state index in [4.69, 9.17) is 18.9 Å². The van der Waals surface area contributed by atoms with Gasteiger partial charge >= 0.3 is 0 Å². The average Bonchev–Trinajstić information content (AvgIpc) is 2.63. The molecule has 0 spiro atoms. The van der Waals surface area contributed by atoms with E-state index in [0.717, 1.165) is 47.0 Å². The largest absolute Gasteiger partial charge is 0.493 e. The smallest absolute Gasteiger partial charge is 0.161 e. The van der Waals surface area contributed by atoms with Gasteiger partial charge in [-0.2, -0.15) is 0 Å². The zero-order chi connectivity index (χ0) is 18.2. The van der Waals surface area contributed by atoms with Gasteiger partial charge in [0.05, 0.1) is 21.3 Å². The predicted octanol–water partition coefficient (Wildman–Crippen LogP) is 4.45. The van der Waals surface area contributed by atoms with Crippen molar-refractivity contribution in [3.05, 3.63) is 60.2 Å². The molecule has 0 fully saturated rings. The lowest BCUT2D eigenvalue weighted by Crippen LogP contribution is -2.15. The summed E-state index contributed by atoms with van der Waals surface area (Å²) in [5.74, 6) is 2.92. The summed E-state index contributed by atoms with van der Waals surface area (Å²) in [5, 5.41) is 0. The van der Waals surface area contributed by atoms with Crippen LogP contribution in [-0.2, 0) is 12.8 Å². The molecule has 2 rings (SSSR count). The highest BCUT2D eigenvalue weighted by atomic mass is 16.5. The minimum atomic E-state index is -0.0164. The Morgan fingerprint density at radius 1 is 0.840 bits per heavy atom. The Morgan fingerprint density at radius 3 is 2.04 bits per heavy atom. The molecule has 0 aliphatic carbocycles. The van der Waals surface area contributed by atoms with Crippen LogP contribution in [0, 0.1) is 0 Å². The highest BCUT2D eigenvalue weighted by Crippen LogP contribution is 2.31. The lowest BCUT2D eigenvalue weighted by molar-refractivity contribution is 0.211. The molecule has 4 heteroatoms. The fourth-order valence-corrected chi connectivity index (χ4v) is 2.70. The number of allylic oxidation sites excluding steroid dienone is 1. The molecular formula is C21H26O4. The zero-order valence-corrected chi connectivity index (χ0v) is 15.4. The van der Waals surface area contributed by atoms with Gasteiger partial charge in [0.1, 0.15) is 6.10 Å². The SMILES string of the molecule is C=CCc1ccc(O[C@H](C)Cc2ccc(OC)c(OC)c2)c(OC)c1. The van der Waals surface area contributed by atoms with Crippen molar-refractivity contribution in [2.75, 3.05) is 21.3 Å². The molecule has 0 saturated carbocycles. The minimum absolute atomic E-state index is 0.0164. The summed E-state index contributed by atoms with van der Waals surface area (Å²) in [6, 6.07) is 11.9. The van der Waals surface area contributed by atoms with E-state index in [2.05, 4.69) is 6.58 Å². The van der Waals surface area contributed by atoms with Crippen molar-refractivity contribution >= 4 is 0 Å². The summed E-state index contributed by atoms with van der Waals surface area (Å²) >= 11 is 0. The summed E-state index contributed by atoms with van der Waals surface area (Å²) in [6.45, 7) is 5.80. The molecule has 4 nitrogen and oxygen atoms in total. The summed E-state index contributed by atoms with van der Waals surface area (Å²) in [7, 11) is 4.92. The van der Waals surface area contributed by atoms with E-state index in [1.54, 1.807) is 21.3 Å². The number of benzene rings is 2. The van der Waals surface area contributed by atoms with E-state index in [-0.39, 0.29) is 6.10 Å². The van der Waals surface area contributed by atoms with Gasteiger partial charge in [0.2, 0.25) is 0 Å². The molecule has 0 aliphatic heterocycles. The van der Waals surface area contributed by atoms with Gasteiger partial charge in [0.15, 0.2) is 23.0 Å². The topological polar surface area (TPSA) is 36.9 Å². The van der Waals surface area contributed by atoms with Gasteiger partial charge in [-0.25, -0.2) is 0 Å². The third-order valence-electron chi connectivity index (χ3n) is 3.91. The number of hydrogen-bond acceptors (Lipinski definition) is 4. The molecule has 0 bridgehead atoms. The normalized spacial score (nSPS) is 11.5. The Balaban J connectivity index is 2.09. The second kappa shape index (κ2) is 9.02. The molecule has 1 atom stereocenters. The Labute approximate surface area is 150 Å². The minimum Gasteiger partial charge on any atom is -0.493 e. The third-order valence-corrected chi connectivity index (χ3v) is 3.91. The summed E-state index contributed by atoms with van der Waals surface area (Å²) in [5.41, 5.74) is 2.26. The molecule has 0 heterocycles. The molecule has 134 valence electrons. The van der Waals surface area contributed by atoms with Crippen LogP contribution < -0.4 is 18.9 Å². The second-order valence-electron chi connectivity index (χ2n) is 5.80. The van der Waals surface area contributed by atoms with Gasteiger partial charge in [-0.3, -0.25) is 0 Å². The summed E-state index contributed by atoms with van der Waals surface area (Å²) < 4.78 is 22.2. The van der Waals surface area contributed by atoms with Crippen molar-refractivity contribution in [1.82, 2.24) is 0 Å². The van der Waals surface area contributed by atoms with Gasteiger partial charge in [-0.05, 0) is 48.7 Å². The van der Waals surface area contributed by atoms with Crippen molar-refractivity contribution in [1.29, 1.82) is 0 Å². The third kappa shape index (κ3) is 4.92. The Morgan fingerprint density at radius 2 is 1.40 bits per heavy atom. The van der Waals surface area contributed by atoms with E-state index < -0.39 is 0 Å². The molecule has 0 aliphatic rings. The monoisotopic (exact) mass is 342 g/mol. The van der Waals surface area contributed by atoms with Crippen LogP contribution in [0.2, 0.25) is 0 Å². The maximum Gasteiger partial charge on any atom is 0.161 e. The van der Waals surface area contributed by atoms with Crippen molar-refractivity contribution in [2.24, 2.45) is 0 Å². The van der Waals surface area contributed by atoms with Crippen LogP contribution in [0.25, 0.3) is 0 Å². The van der Waals surface area contributed by atoms with E-state index >= 15 is 0 Å². The predicted molar refractivity (Wildman–Crippen MR) is 100 cm³/mol. The molecule has 0 radical (unpaired) electrons. The fourth-order valence-electron chi connectivity index (χ4n) is 2.70. The number of methoxy groups -OCH3 is 3. The molecule has 25 heavy (non-hydrogen) atoms. The van der Waals surface area contributed by atoms with E-state index in [0.29, 0.717) is 0 Å². The van der Waals surface area contributed by atoms with Gasteiger partial charge in [-0.1, -0.05) is 18.2 Å². The maximum atomic E-state index is 6.08. The van der Waals surface area contributed by atoms with Gasteiger partial charge < -0.3 is 18.9 Å². The van der Waals surface area contributed by atoms with Crippen LogP contribution >= 0.6 is 0 Å². The molecule has 0 unspecified atom stereocenters. The van der Waals surface area contributed by atoms with Crippen molar-refractivity contribution < 1.29 is 18.9 Å². The zero-order valence-electron chi connectivity index (χ0n) is 15.4. The van der Waals surface area contributed by atoms with Crippen LogP contribution in [0.5, 0.6) is 23.0 Å². The van der Waals surface area contributed by atoms with E-state index in [1.807, 2.05) is 49.4 Å².